The average molecular weight is 403 g/mol. The van der Waals surface area contributed by atoms with Crippen molar-refractivity contribution in [2.75, 3.05) is 5.32 Å². The number of carbonyl (C=O) groups excluding carboxylic acids is 1. The Labute approximate surface area is 164 Å². The minimum Gasteiger partial charge on any atom is -0.487 e. The second-order valence-electron chi connectivity index (χ2n) is 5.68. The number of rotatable bonds is 6. The Bertz CT molecular complexity index is 986. The Hall–Kier alpha value is -2.90. The highest BCUT2D eigenvalue weighted by Gasteiger charge is 2.10. The molecule has 2 N–H and O–H groups in total. The number of nitrogens with zero attached hydrogens (tertiary/aromatic N) is 1. The summed E-state index contributed by atoms with van der Waals surface area (Å²) in [5.74, 6) is -0.892. The molecule has 0 spiro atoms. The maximum Gasteiger partial charge on any atom is 0.335 e. The van der Waals surface area contributed by atoms with E-state index in [0.29, 0.717) is 16.4 Å². The summed E-state index contributed by atoms with van der Waals surface area (Å²) in [6.07, 6.45) is 0. The molecular weight excluding hydrogens is 388 g/mol. The minimum absolute atomic E-state index is 0.0955. The van der Waals surface area contributed by atoms with Gasteiger partial charge >= 0.3 is 5.97 Å². The molecule has 3 rings (SSSR count). The van der Waals surface area contributed by atoms with Gasteiger partial charge in [0.15, 0.2) is 5.13 Å². The van der Waals surface area contributed by atoms with E-state index in [1.807, 2.05) is 12.3 Å². The lowest BCUT2D eigenvalue weighted by Gasteiger charge is -2.09. The van der Waals surface area contributed by atoms with Crippen molar-refractivity contribution in [1.29, 1.82) is 0 Å². The summed E-state index contributed by atoms with van der Waals surface area (Å²) in [5.41, 5.74) is 2.31. The number of hydrogen-bond acceptors (Lipinski definition) is 5. The highest BCUT2D eigenvalue weighted by atomic mass is 35.5. The summed E-state index contributed by atoms with van der Waals surface area (Å²) in [7, 11) is 0. The predicted octanol–water partition coefficient (Wildman–Crippen LogP) is 4.63. The summed E-state index contributed by atoms with van der Waals surface area (Å²) in [5, 5.41) is 14.3. The number of carboxylic acid groups (broad SMARTS) is 1. The van der Waals surface area contributed by atoms with E-state index >= 15 is 0 Å². The molecule has 8 heteroatoms. The Kier molecular flexibility index (Phi) is 5.73. The van der Waals surface area contributed by atoms with Crippen LogP contribution < -0.4 is 10.1 Å². The summed E-state index contributed by atoms with van der Waals surface area (Å²) in [4.78, 5) is 27.3. The number of thiazole rings is 1. The van der Waals surface area contributed by atoms with Crippen LogP contribution in [-0.2, 0) is 6.61 Å². The zero-order valence-electron chi connectivity index (χ0n) is 14.2. The summed E-state index contributed by atoms with van der Waals surface area (Å²) < 4.78 is 5.62. The molecular formula is C19H15ClN2O4S. The van der Waals surface area contributed by atoms with Crippen LogP contribution in [0.3, 0.4) is 0 Å². The molecule has 3 aromatic rings. The van der Waals surface area contributed by atoms with E-state index in [0.717, 1.165) is 11.3 Å². The molecule has 0 saturated heterocycles. The molecule has 1 amide bonds. The summed E-state index contributed by atoms with van der Waals surface area (Å²) in [6.45, 7) is 2.10. The van der Waals surface area contributed by atoms with Gasteiger partial charge in [-0.3, -0.25) is 10.1 Å². The number of aryl methyl sites for hydroxylation is 1. The monoisotopic (exact) mass is 402 g/mol. The third-order valence-corrected chi connectivity index (χ3v) is 4.80. The zero-order valence-corrected chi connectivity index (χ0v) is 15.8. The molecule has 0 saturated carbocycles. The van der Waals surface area contributed by atoms with Gasteiger partial charge in [0.05, 0.1) is 16.3 Å². The number of anilines is 1. The van der Waals surface area contributed by atoms with E-state index in [2.05, 4.69) is 10.3 Å². The number of amides is 1. The van der Waals surface area contributed by atoms with Crippen molar-refractivity contribution < 1.29 is 19.4 Å². The Balaban J connectivity index is 1.60. The quantitative estimate of drug-likeness (QED) is 0.627. The van der Waals surface area contributed by atoms with Crippen LogP contribution in [-0.4, -0.2) is 22.0 Å². The molecule has 1 heterocycles. The second kappa shape index (κ2) is 8.20. The van der Waals surface area contributed by atoms with Crippen LogP contribution in [0.25, 0.3) is 0 Å². The van der Waals surface area contributed by atoms with Crippen molar-refractivity contribution in [2.45, 2.75) is 13.5 Å². The molecule has 0 bridgehead atoms. The first-order valence-corrected chi connectivity index (χ1v) is 9.16. The van der Waals surface area contributed by atoms with Crippen LogP contribution in [0.4, 0.5) is 5.13 Å². The molecule has 0 radical (unpaired) electrons. The molecule has 27 heavy (non-hydrogen) atoms. The molecule has 0 aliphatic rings. The number of carbonyl (C=O) groups is 2. The van der Waals surface area contributed by atoms with Crippen LogP contribution in [0.1, 0.15) is 32.0 Å². The van der Waals surface area contributed by atoms with Gasteiger partial charge < -0.3 is 9.84 Å². The molecule has 0 unspecified atom stereocenters. The number of benzene rings is 2. The van der Waals surface area contributed by atoms with Gasteiger partial charge in [-0.15, -0.1) is 11.3 Å². The standard InChI is InChI=1S/C19H15ClN2O4S/c1-11-10-27-19(21-11)22-17(23)13-4-2-12(3-5-13)9-26-16-7-6-14(18(24)25)8-15(16)20/h2-8,10H,9H2,1H3,(H,24,25)(H,21,22,23). The lowest BCUT2D eigenvalue weighted by atomic mass is 10.1. The number of ether oxygens (including phenoxy) is 1. The van der Waals surface area contributed by atoms with E-state index in [1.54, 1.807) is 24.3 Å². The number of carboxylic acids is 1. The lowest BCUT2D eigenvalue weighted by molar-refractivity contribution is 0.0696. The van der Waals surface area contributed by atoms with Crippen molar-refractivity contribution >= 4 is 39.9 Å². The average Bonchev–Trinajstić information content (AvgIpc) is 3.05. The number of nitrogens with one attached hydrogen (secondary N) is 1. The van der Waals surface area contributed by atoms with Gasteiger partial charge in [0.25, 0.3) is 5.91 Å². The van der Waals surface area contributed by atoms with E-state index in [9.17, 15) is 9.59 Å². The van der Waals surface area contributed by atoms with Crippen molar-refractivity contribution in [2.24, 2.45) is 0 Å². The molecule has 6 nitrogen and oxygen atoms in total. The Morgan fingerprint density at radius 1 is 1.19 bits per heavy atom. The largest absolute Gasteiger partial charge is 0.487 e. The van der Waals surface area contributed by atoms with E-state index in [-0.39, 0.29) is 23.1 Å². The third-order valence-electron chi connectivity index (χ3n) is 3.63. The highest BCUT2D eigenvalue weighted by Crippen LogP contribution is 2.26. The smallest absolute Gasteiger partial charge is 0.335 e. The van der Waals surface area contributed by atoms with Gasteiger partial charge in [-0.1, -0.05) is 23.7 Å². The first-order valence-electron chi connectivity index (χ1n) is 7.90. The van der Waals surface area contributed by atoms with Gasteiger partial charge in [0, 0.05) is 10.9 Å². The van der Waals surface area contributed by atoms with Crippen LogP contribution >= 0.6 is 22.9 Å². The first-order chi connectivity index (χ1) is 12.9. The topological polar surface area (TPSA) is 88.5 Å². The fraction of sp³-hybridized carbons (Fsp3) is 0.105. The molecule has 138 valence electrons. The van der Waals surface area contributed by atoms with Gasteiger partial charge in [0.1, 0.15) is 12.4 Å². The predicted molar refractivity (Wildman–Crippen MR) is 104 cm³/mol. The van der Waals surface area contributed by atoms with Crippen molar-refractivity contribution in [3.8, 4) is 5.75 Å². The summed E-state index contributed by atoms with van der Waals surface area (Å²) in [6, 6.07) is 11.2. The van der Waals surface area contributed by atoms with Crippen LogP contribution in [0, 0.1) is 6.92 Å². The molecule has 0 fully saturated rings. The third kappa shape index (κ3) is 4.84. The van der Waals surface area contributed by atoms with Gasteiger partial charge in [-0.25, -0.2) is 9.78 Å². The molecule has 0 aliphatic carbocycles. The van der Waals surface area contributed by atoms with Crippen molar-refractivity contribution in [1.82, 2.24) is 4.98 Å². The van der Waals surface area contributed by atoms with Gasteiger partial charge in [-0.05, 0) is 42.8 Å². The normalized spacial score (nSPS) is 10.4. The van der Waals surface area contributed by atoms with E-state index in [1.165, 1.54) is 29.5 Å². The van der Waals surface area contributed by atoms with Crippen LogP contribution in [0.15, 0.2) is 47.8 Å². The number of hydrogen-bond donors (Lipinski definition) is 2. The lowest BCUT2D eigenvalue weighted by Crippen LogP contribution is -2.11. The number of halogens is 1. The van der Waals surface area contributed by atoms with Crippen LogP contribution in [0.5, 0.6) is 5.75 Å². The number of aromatic nitrogens is 1. The first kappa shape index (κ1) is 18.9. The maximum atomic E-state index is 12.2. The second-order valence-corrected chi connectivity index (χ2v) is 6.95. The Morgan fingerprint density at radius 3 is 2.48 bits per heavy atom. The summed E-state index contributed by atoms with van der Waals surface area (Å²) >= 11 is 7.41. The van der Waals surface area contributed by atoms with E-state index < -0.39 is 5.97 Å². The fourth-order valence-electron chi connectivity index (χ4n) is 2.25. The van der Waals surface area contributed by atoms with Crippen molar-refractivity contribution in [3.05, 3.63) is 75.3 Å². The minimum atomic E-state index is -1.05. The maximum absolute atomic E-state index is 12.2. The zero-order chi connectivity index (χ0) is 19.4. The van der Waals surface area contributed by atoms with E-state index in [4.69, 9.17) is 21.4 Å². The fourth-order valence-corrected chi connectivity index (χ4v) is 3.16. The molecule has 0 atom stereocenters. The van der Waals surface area contributed by atoms with Gasteiger partial charge in [-0.2, -0.15) is 0 Å². The van der Waals surface area contributed by atoms with Crippen molar-refractivity contribution in [3.63, 3.8) is 0 Å². The number of aromatic carboxylic acids is 1. The van der Waals surface area contributed by atoms with Gasteiger partial charge in [0.2, 0.25) is 0 Å². The highest BCUT2D eigenvalue weighted by molar-refractivity contribution is 7.13. The SMILES string of the molecule is Cc1csc(NC(=O)c2ccc(COc3ccc(C(=O)O)cc3Cl)cc2)n1. The molecule has 2 aromatic carbocycles. The van der Waals surface area contributed by atoms with Crippen LogP contribution in [0.2, 0.25) is 5.02 Å². The molecule has 0 aliphatic heterocycles. The molecule has 1 aromatic heterocycles. The Morgan fingerprint density at radius 2 is 1.89 bits per heavy atom.